The van der Waals surface area contributed by atoms with E-state index in [4.69, 9.17) is 0 Å². The quantitative estimate of drug-likeness (QED) is 0.762. The van der Waals surface area contributed by atoms with Crippen LogP contribution in [-0.4, -0.2) is 11.5 Å². The maximum Gasteiger partial charge on any atom is 0.248 e. The molecule has 1 saturated heterocycles. The number of benzene rings is 1. The monoisotopic (exact) mass is 214 g/mol. The SMILES string of the molecule is O=c1cc(C2CCCN2)c2ccccc2[nH]1. The van der Waals surface area contributed by atoms with Gasteiger partial charge in [0.1, 0.15) is 0 Å². The maximum atomic E-state index is 11.6. The van der Waals surface area contributed by atoms with E-state index in [-0.39, 0.29) is 5.56 Å². The van der Waals surface area contributed by atoms with E-state index in [1.54, 1.807) is 6.07 Å². The lowest BCUT2D eigenvalue weighted by atomic mass is 10.0. The summed E-state index contributed by atoms with van der Waals surface area (Å²) >= 11 is 0. The molecule has 16 heavy (non-hydrogen) atoms. The fourth-order valence-electron chi connectivity index (χ4n) is 2.47. The van der Waals surface area contributed by atoms with Crippen LogP contribution < -0.4 is 10.9 Å². The molecule has 1 unspecified atom stereocenters. The molecule has 1 aromatic heterocycles. The molecule has 0 aliphatic carbocycles. The molecule has 0 saturated carbocycles. The van der Waals surface area contributed by atoms with E-state index >= 15 is 0 Å². The Balaban J connectivity index is 2.25. The van der Waals surface area contributed by atoms with E-state index in [9.17, 15) is 4.79 Å². The molecule has 3 nitrogen and oxygen atoms in total. The number of hydrogen-bond donors (Lipinski definition) is 2. The minimum atomic E-state index is -0.0117. The zero-order valence-electron chi connectivity index (χ0n) is 8.99. The first kappa shape index (κ1) is 9.60. The molecule has 1 fully saturated rings. The van der Waals surface area contributed by atoms with Crippen molar-refractivity contribution in [2.24, 2.45) is 0 Å². The predicted molar refractivity (Wildman–Crippen MR) is 64.5 cm³/mol. The topological polar surface area (TPSA) is 44.9 Å². The Morgan fingerprint density at radius 3 is 2.94 bits per heavy atom. The first-order valence-electron chi connectivity index (χ1n) is 5.70. The minimum absolute atomic E-state index is 0.0117. The van der Waals surface area contributed by atoms with E-state index in [2.05, 4.69) is 16.4 Å². The second-order valence-electron chi connectivity index (χ2n) is 4.28. The summed E-state index contributed by atoms with van der Waals surface area (Å²) in [6.07, 6.45) is 2.30. The average molecular weight is 214 g/mol. The Morgan fingerprint density at radius 2 is 2.12 bits per heavy atom. The number of aromatic amines is 1. The van der Waals surface area contributed by atoms with Gasteiger partial charge in [-0.15, -0.1) is 0 Å². The third-order valence-corrected chi connectivity index (χ3v) is 3.22. The molecular formula is C13H14N2O. The Hall–Kier alpha value is -1.61. The third kappa shape index (κ3) is 1.53. The maximum absolute atomic E-state index is 11.6. The fourth-order valence-corrected chi connectivity index (χ4v) is 2.47. The van der Waals surface area contributed by atoms with Crippen LogP contribution in [-0.2, 0) is 0 Å². The molecule has 2 aromatic rings. The molecule has 3 rings (SSSR count). The van der Waals surface area contributed by atoms with Crippen LogP contribution in [0.15, 0.2) is 35.1 Å². The van der Waals surface area contributed by atoms with E-state index in [1.807, 2.05) is 18.2 Å². The van der Waals surface area contributed by atoms with Gasteiger partial charge in [-0.3, -0.25) is 4.79 Å². The van der Waals surface area contributed by atoms with Crippen molar-refractivity contribution in [2.75, 3.05) is 6.54 Å². The van der Waals surface area contributed by atoms with E-state index in [1.165, 1.54) is 6.42 Å². The molecule has 2 heterocycles. The molecule has 0 spiro atoms. The molecule has 82 valence electrons. The van der Waals surface area contributed by atoms with E-state index in [0.29, 0.717) is 6.04 Å². The van der Waals surface area contributed by atoms with Crippen molar-refractivity contribution in [3.63, 3.8) is 0 Å². The second-order valence-corrected chi connectivity index (χ2v) is 4.28. The summed E-state index contributed by atoms with van der Waals surface area (Å²) in [4.78, 5) is 14.4. The lowest BCUT2D eigenvalue weighted by molar-refractivity contribution is 0.651. The average Bonchev–Trinajstić information content (AvgIpc) is 2.81. The van der Waals surface area contributed by atoms with Gasteiger partial charge < -0.3 is 10.3 Å². The Bertz CT molecular complexity index is 567. The fraction of sp³-hybridized carbons (Fsp3) is 0.308. The predicted octanol–water partition coefficient (Wildman–Crippen LogP) is 1.95. The molecule has 0 bridgehead atoms. The van der Waals surface area contributed by atoms with Gasteiger partial charge in [0.15, 0.2) is 0 Å². The van der Waals surface area contributed by atoms with Crippen molar-refractivity contribution in [3.8, 4) is 0 Å². The van der Waals surface area contributed by atoms with Crippen LogP contribution in [0.25, 0.3) is 10.9 Å². The van der Waals surface area contributed by atoms with Gasteiger partial charge in [-0.25, -0.2) is 0 Å². The summed E-state index contributed by atoms with van der Waals surface area (Å²) in [6, 6.07) is 10.1. The summed E-state index contributed by atoms with van der Waals surface area (Å²) in [5.41, 5.74) is 2.05. The lowest BCUT2D eigenvalue weighted by Gasteiger charge is -2.13. The van der Waals surface area contributed by atoms with Gasteiger partial charge in [0, 0.05) is 23.0 Å². The molecule has 1 atom stereocenters. The molecule has 2 N–H and O–H groups in total. The highest BCUT2D eigenvalue weighted by atomic mass is 16.1. The van der Waals surface area contributed by atoms with Crippen LogP contribution in [0.3, 0.4) is 0 Å². The molecular weight excluding hydrogens is 200 g/mol. The number of aromatic nitrogens is 1. The van der Waals surface area contributed by atoms with Crippen molar-refractivity contribution >= 4 is 10.9 Å². The summed E-state index contributed by atoms with van der Waals surface area (Å²) < 4.78 is 0. The molecule has 1 aliphatic heterocycles. The first-order valence-corrected chi connectivity index (χ1v) is 5.70. The van der Waals surface area contributed by atoms with Crippen molar-refractivity contribution in [1.82, 2.24) is 10.3 Å². The largest absolute Gasteiger partial charge is 0.322 e. The van der Waals surface area contributed by atoms with Crippen LogP contribution in [0.2, 0.25) is 0 Å². The smallest absolute Gasteiger partial charge is 0.248 e. The molecule has 3 heteroatoms. The van der Waals surface area contributed by atoms with Gasteiger partial charge >= 0.3 is 0 Å². The number of rotatable bonds is 1. The number of hydrogen-bond acceptors (Lipinski definition) is 2. The minimum Gasteiger partial charge on any atom is -0.322 e. The van der Waals surface area contributed by atoms with Crippen molar-refractivity contribution in [2.45, 2.75) is 18.9 Å². The zero-order chi connectivity index (χ0) is 11.0. The third-order valence-electron chi connectivity index (χ3n) is 3.22. The van der Waals surface area contributed by atoms with Gasteiger partial charge in [-0.1, -0.05) is 18.2 Å². The van der Waals surface area contributed by atoms with Crippen molar-refractivity contribution in [3.05, 3.63) is 46.2 Å². The summed E-state index contributed by atoms with van der Waals surface area (Å²) in [6.45, 7) is 1.05. The first-order chi connectivity index (χ1) is 7.84. The number of fused-ring (bicyclic) bond motifs is 1. The van der Waals surface area contributed by atoms with Gasteiger partial charge in [0.2, 0.25) is 5.56 Å². The van der Waals surface area contributed by atoms with E-state index in [0.717, 1.165) is 29.4 Å². The number of H-pyrrole nitrogens is 1. The summed E-state index contributed by atoms with van der Waals surface area (Å²) in [7, 11) is 0. The standard InChI is InChI=1S/C13H14N2O/c16-13-8-10(11-6-3-7-14-11)9-4-1-2-5-12(9)15-13/h1-2,4-5,8,11,14H,3,6-7H2,(H,15,16). The molecule has 0 radical (unpaired) electrons. The Labute approximate surface area is 93.5 Å². The normalized spacial score (nSPS) is 20.4. The number of pyridine rings is 1. The zero-order valence-corrected chi connectivity index (χ0v) is 8.99. The van der Waals surface area contributed by atoms with Crippen LogP contribution in [0.1, 0.15) is 24.4 Å². The van der Waals surface area contributed by atoms with Crippen molar-refractivity contribution < 1.29 is 0 Å². The Kier molecular flexibility index (Phi) is 2.26. The van der Waals surface area contributed by atoms with Gasteiger partial charge in [-0.05, 0) is 31.0 Å². The highest BCUT2D eigenvalue weighted by Crippen LogP contribution is 2.27. The molecule has 1 aromatic carbocycles. The van der Waals surface area contributed by atoms with Gasteiger partial charge in [0.25, 0.3) is 0 Å². The highest BCUT2D eigenvalue weighted by Gasteiger charge is 2.18. The molecule has 1 aliphatic rings. The second kappa shape index (κ2) is 3.76. The molecule has 0 amide bonds. The summed E-state index contributed by atoms with van der Waals surface area (Å²) in [5, 5.41) is 4.59. The van der Waals surface area contributed by atoms with Crippen LogP contribution in [0.5, 0.6) is 0 Å². The number of nitrogens with one attached hydrogen (secondary N) is 2. The highest BCUT2D eigenvalue weighted by molar-refractivity contribution is 5.82. The van der Waals surface area contributed by atoms with Crippen LogP contribution in [0, 0.1) is 0 Å². The van der Waals surface area contributed by atoms with E-state index < -0.39 is 0 Å². The van der Waals surface area contributed by atoms with Gasteiger partial charge in [-0.2, -0.15) is 0 Å². The summed E-state index contributed by atoms with van der Waals surface area (Å²) in [5.74, 6) is 0. The van der Waals surface area contributed by atoms with Crippen molar-refractivity contribution in [1.29, 1.82) is 0 Å². The Morgan fingerprint density at radius 1 is 1.25 bits per heavy atom. The van der Waals surface area contributed by atoms with Gasteiger partial charge in [0.05, 0.1) is 0 Å². The lowest BCUT2D eigenvalue weighted by Crippen LogP contribution is -2.16. The number of para-hydroxylation sites is 1. The van der Waals surface area contributed by atoms with Crippen LogP contribution >= 0.6 is 0 Å². The van der Waals surface area contributed by atoms with Crippen LogP contribution in [0.4, 0.5) is 0 Å².